The molecule has 3 heteroatoms. The second-order valence-electron chi connectivity index (χ2n) is 6.99. The minimum absolute atomic E-state index is 0.769. The summed E-state index contributed by atoms with van der Waals surface area (Å²) in [4.78, 5) is 5.54. The van der Waals surface area contributed by atoms with Crippen LogP contribution < -0.4 is 5.32 Å². The number of hydrogen-bond donors (Lipinski definition) is 1. The minimum Gasteiger partial charge on any atom is -0.316 e. The lowest BCUT2D eigenvalue weighted by molar-refractivity contribution is 0.0123. The lowest BCUT2D eigenvalue weighted by Gasteiger charge is -2.48. The smallest absolute Gasteiger partial charge is 0.0223 e. The van der Waals surface area contributed by atoms with Crippen molar-refractivity contribution in [3.63, 3.8) is 0 Å². The van der Waals surface area contributed by atoms with E-state index in [0.717, 1.165) is 18.0 Å². The van der Waals surface area contributed by atoms with Crippen molar-refractivity contribution < 1.29 is 0 Å². The van der Waals surface area contributed by atoms with E-state index in [2.05, 4.69) is 22.0 Å². The van der Waals surface area contributed by atoms with Gasteiger partial charge in [-0.2, -0.15) is 0 Å². The Morgan fingerprint density at radius 2 is 2.05 bits per heavy atom. The van der Waals surface area contributed by atoms with Gasteiger partial charge in [-0.1, -0.05) is 6.42 Å². The highest BCUT2D eigenvalue weighted by atomic mass is 15.3. The first-order chi connectivity index (χ1) is 9.33. The van der Waals surface area contributed by atoms with Gasteiger partial charge in [-0.3, -0.25) is 9.80 Å². The Balaban J connectivity index is 1.47. The van der Waals surface area contributed by atoms with Gasteiger partial charge in [0.2, 0.25) is 0 Å². The number of piperazine rings is 1. The predicted octanol–water partition coefficient (Wildman–Crippen LogP) is 1.93. The van der Waals surface area contributed by atoms with E-state index in [0.29, 0.717) is 0 Å². The average molecular weight is 265 g/mol. The van der Waals surface area contributed by atoms with E-state index in [9.17, 15) is 0 Å². The van der Waals surface area contributed by atoms with Crippen LogP contribution in [0.25, 0.3) is 0 Å². The molecule has 3 fully saturated rings. The van der Waals surface area contributed by atoms with Gasteiger partial charge in [0.15, 0.2) is 0 Å². The molecule has 3 heterocycles. The van der Waals surface area contributed by atoms with E-state index < -0.39 is 0 Å². The Morgan fingerprint density at radius 1 is 1.11 bits per heavy atom. The number of hydrogen-bond acceptors (Lipinski definition) is 3. The van der Waals surface area contributed by atoms with Gasteiger partial charge >= 0.3 is 0 Å². The first-order valence-electron chi connectivity index (χ1n) is 8.52. The van der Waals surface area contributed by atoms with Crippen LogP contribution in [0.3, 0.4) is 0 Å². The highest BCUT2D eigenvalue weighted by Crippen LogP contribution is 2.25. The molecule has 0 radical (unpaired) electrons. The van der Waals surface area contributed by atoms with Crippen molar-refractivity contribution in [1.82, 2.24) is 15.1 Å². The van der Waals surface area contributed by atoms with Crippen LogP contribution in [0.5, 0.6) is 0 Å². The topological polar surface area (TPSA) is 18.5 Å². The normalized spacial score (nSPS) is 38.1. The van der Waals surface area contributed by atoms with Crippen molar-refractivity contribution >= 4 is 0 Å². The molecule has 0 amide bonds. The van der Waals surface area contributed by atoms with E-state index in [1.807, 2.05) is 0 Å². The van der Waals surface area contributed by atoms with Crippen LogP contribution in [0.1, 0.15) is 45.4 Å². The summed E-state index contributed by atoms with van der Waals surface area (Å²) in [7, 11) is 0. The van der Waals surface area contributed by atoms with Crippen molar-refractivity contribution in [3.8, 4) is 0 Å². The zero-order valence-corrected chi connectivity index (χ0v) is 12.6. The first-order valence-corrected chi connectivity index (χ1v) is 8.52. The third kappa shape index (κ3) is 3.50. The van der Waals surface area contributed by atoms with Crippen LogP contribution in [0.15, 0.2) is 0 Å². The van der Waals surface area contributed by atoms with Gasteiger partial charge < -0.3 is 5.32 Å². The molecule has 110 valence electrons. The monoisotopic (exact) mass is 265 g/mol. The van der Waals surface area contributed by atoms with Crippen LogP contribution in [0, 0.1) is 5.92 Å². The number of rotatable bonds is 3. The largest absolute Gasteiger partial charge is 0.316 e. The summed E-state index contributed by atoms with van der Waals surface area (Å²) in [5, 5.41) is 3.55. The fourth-order valence-corrected chi connectivity index (χ4v) is 4.24. The zero-order chi connectivity index (χ0) is 13.1. The van der Waals surface area contributed by atoms with Crippen molar-refractivity contribution in [2.75, 3.05) is 39.3 Å². The van der Waals surface area contributed by atoms with Gasteiger partial charge in [-0.15, -0.1) is 0 Å². The number of nitrogens with one attached hydrogen (secondary N) is 1. The van der Waals surface area contributed by atoms with Crippen LogP contribution in [0.2, 0.25) is 0 Å². The maximum Gasteiger partial charge on any atom is 0.0223 e. The summed E-state index contributed by atoms with van der Waals surface area (Å²) in [6, 6.07) is 1.64. The van der Waals surface area contributed by atoms with Gasteiger partial charge in [0, 0.05) is 25.2 Å². The molecule has 3 rings (SSSR count). The average Bonchev–Trinajstić information content (AvgIpc) is 2.46. The highest BCUT2D eigenvalue weighted by Gasteiger charge is 2.32. The molecule has 0 aromatic rings. The van der Waals surface area contributed by atoms with Gasteiger partial charge in [0.25, 0.3) is 0 Å². The molecular weight excluding hydrogens is 234 g/mol. The second-order valence-corrected chi connectivity index (χ2v) is 6.99. The quantitative estimate of drug-likeness (QED) is 0.841. The van der Waals surface area contributed by atoms with Gasteiger partial charge in [-0.05, 0) is 71.1 Å². The molecule has 3 unspecified atom stereocenters. The zero-order valence-electron chi connectivity index (χ0n) is 12.6. The Kier molecular flexibility index (Phi) is 4.78. The molecule has 3 aliphatic rings. The van der Waals surface area contributed by atoms with Gasteiger partial charge in [-0.25, -0.2) is 0 Å². The molecule has 3 nitrogen and oxygen atoms in total. The van der Waals surface area contributed by atoms with Crippen LogP contribution in [-0.4, -0.2) is 61.2 Å². The molecular formula is C16H31N3. The molecule has 3 aliphatic heterocycles. The molecule has 0 bridgehead atoms. The van der Waals surface area contributed by atoms with E-state index in [4.69, 9.17) is 0 Å². The van der Waals surface area contributed by atoms with E-state index >= 15 is 0 Å². The number of fused-ring (bicyclic) bond motifs is 1. The fourth-order valence-electron chi connectivity index (χ4n) is 4.24. The summed E-state index contributed by atoms with van der Waals surface area (Å²) in [5.41, 5.74) is 0. The maximum atomic E-state index is 3.55. The van der Waals surface area contributed by atoms with Crippen LogP contribution >= 0.6 is 0 Å². The van der Waals surface area contributed by atoms with E-state index in [1.54, 1.807) is 0 Å². The number of nitrogens with zero attached hydrogens (tertiary/aromatic N) is 2. The van der Waals surface area contributed by atoms with Gasteiger partial charge in [0.05, 0.1) is 0 Å². The molecule has 3 saturated heterocycles. The summed E-state index contributed by atoms with van der Waals surface area (Å²) in [5.74, 6) is 0.935. The molecule has 0 aromatic heterocycles. The Morgan fingerprint density at radius 3 is 2.89 bits per heavy atom. The summed E-state index contributed by atoms with van der Waals surface area (Å²) >= 11 is 0. The highest BCUT2D eigenvalue weighted by molar-refractivity contribution is 4.89. The lowest BCUT2D eigenvalue weighted by Crippen LogP contribution is -2.58. The van der Waals surface area contributed by atoms with Gasteiger partial charge in [0.1, 0.15) is 0 Å². The lowest BCUT2D eigenvalue weighted by atomic mass is 9.94. The van der Waals surface area contributed by atoms with Crippen molar-refractivity contribution in [3.05, 3.63) is 0 Å². The molecule has 19 heavy (non-hydrogen) atoms. The van der Waals surface area contributed by atoms with E-state index in [-0.39, 0.29) is 0 Å². The second kappa shape index (κ2) is 6.55. The minimum atomic E-state index is 0.769. The Labute approximate surface area is 118 Å². The fraction of sp³-hybridized carbons (Fsp3) is 1.00. The third-order valence-corrected chi connectivity index (χ3v) is 5.54. The summed E-state index contributed by atoms with van der Waals surface area (Å²) < 4.78 is 0. The molecule has 0 aliphatic carbocycles. The third-order valence-electron chi connectivity index (χ3n) is 5.54. The van der Waals surface area contributed by atoms with Crippen LogP contribution in [-0.2, 0) is 0 Å². The standard InChI is InChI=1S/C16H31N3/c1-14-12-19-9-3-2-6-16(19)13-18(14)10-7-15-5-4-8-17-11-15/h14-17H,2-13H2,1H3. The number of piperidine rings is 2. The van der Waals surface area contributed by atoms with Crippen molar-refractivity contribution in [1.29, 1.82) is 0 Å². The predicted molar refractivity (Wildman–Crippen MR) is 80.5 cm³/mol. The molecule has 1 N–H and O–H groups in total. The molecule has 3 atom stereocenters. The maximum absolute atomic E-state index is 3.55. The Hall–Kier alpha value is -0.120. The SMILES string of the molecule is CC1CN2CCCCC2CN1CCC1CCCNC1. The molecule has 0 spiro atoms. The molecule has 0 saturated carbocycles. The Bertz CT molecular complexity index is 275. The van der Waals surface area contributed by atoms with Crippen molar-refractivity contribution in [2.24, 2.45) is 5.92 Å². The summed E-state index contributed by atoms with van der Waals surface area (Å²) in [6.07, 6.45) is 8.56. The van der Waals surface area contributed by atoms with Crippen molar-refractivity contribution in [2.45, 2.75) is 57.5 Å². The van der Waals surface area contributed by atoms with E-state index in [1.165, 1.54) is 77.8 Å². The van der Waals surface area contributed by atoms with Crippen LogP contribution in [0.4, 0.5) is 0 Å². The summed E-state index contributed by atoms with van der Waals surface area (Å²) in [6.45, 7) is 10.3. The molecule has 0 aromatic carbocycles. The first kappa shape index (κ1) is 13.8.